The summed E-state index contributed by atoms with van der Waals surface area (Å²) >= 11 is 0. The minimum Gasteiger partial charge on any atom is -0.389 e. The average molecular weight is 333 g/mol. The third-order valence-electron chi connectivity index (χ3n) is 5.34. The minimum atomic E-state index is -0.478. The number of aliphatic hydroxyl groups is 1. The van der Waals surface area contributed by atoms with Crippen molar-refractivity contribution < 1.29 is 14.6 Å². The fourth-order valence-corrected chi connectivity index (χ4v) is 3.97. The van der Waals surface area contributed by atoms with Crippen LogP contribution in [0.1, 0.15) is 49.7 Å². The van der Waals surface area contributed by atoms with Gasteiger partial charge in [-0.1, -0.05) is 42.7 Å². The van der Waals surface area contributed by atoms with E-state index in [1.165, 1.54) is 24.0 Å². The van der Waals surface area contributed by atoms with Crippen molar-refractivity contribution in [3.05, 3.63) is 35.4 Å². The second kappa shape index (κ2) is 8.43. The standard InChI is InChI=1S/C20H31NO3/c1-16-6-4-7-17(12-16)20(9-2-3-10-20)21-13-18(22)14-23-15-19-8-5-11-24-19/h4,6-7,12,18-19,21-22H,2-3,5,8-11,13-15H2,1H3. The Morgan fingerprint density at radius 1 is 1.33 bits per heavy atom. The van der Waals surface area contributed by atoms with Gasteiger partial charge in [-0.25, -0.2) is 0 Å². The zero-order chi connectivity index (χ0) is 16.8. The molecule has 1 saturated heterocycles. The fraction of sp³-hybridized carbons (Fsp3) is 0.700. The zero-order valence-corrected chi connectivity index (χ0v) is 14.8. The lowest BCUT2D eigenvalue weighted by atomic mass is 9.87. The molecule has 1 aliphatic heterocycles. The minimum absolute atomic E-state index is 0.0154. The Labute approximate surface area is 145 Å². The van der Waals surface area contributed by atoms with Crippen molar-refractivity contribution in [2.75, 3.05) is 26.4 Å². The number of ether oxygens (including phenoxy) is 2. The number of benzene rings is 1. The molecule has 1 heterocycles. The molecule has 1 aliphatic carbocycles. The van der Waals surface area contributed by atoms with Crippen molar-refractivity contribution in [3.63, 3.8) is 0 Å². The first-order valence-corrected chi connectivity index (χ1v) is 9.37. The molecule has 0 bridgehead atoms. The topological polar surface area (TPSA) is 50.7 Å². The molecular weight excluding hydrogens is 302 g/mol. The molecule has 2 N–H and O–H groups in total. The summed E-state index contributed by atoms with van der Waals surface area (Å²) in [6, 6.07) is 8.76. The second-order valence-corrected chi connectivity index (χ2v) is 7.37. The highest BCUT2D eigenvalue weighted by molar-refractivity contribution is 5.30. The predicted octanol–water partition coefficient (Wildman–Crippen LogP) is 2.91. The van der Waals surface area contributed by atoms with E-state index < -0.39 is 6.10 Å². The summed E-state index contributed by atoms with van der Waals surface area (Å²) in [5.41, 5.74) is 2.66. The molecule has 2 fully saturated rings. The lowest BCUT2D eigenvalue weighted by Gasteiger charge is -2.32. The molecular formula is C20H31NO3. The SMILES string of the molecule is Cc1cccc(C2(NCC(O)COCC3CCCO3)CCCC2)c1. The van der Waals surface area contributed by atoms with Gasteiger partial charge in [-0.15, -0.1) is 0 Å². The average Bonchev–Trinajstić information content (AvgIpc) is 3.25. The van der Waals surface area contributed by atoms with Crippen molar-refractivity contribution in [1.29, 1.82) is 0 Å². The summed E-state index contributed by atoms with van der Waals surface area (Å²) in [5.74, 6) is 0. The summed E-state index contributed by atoms with van der Waals surface area (Å²) in [4.78, 5) is 0. The molecule has 0 radical (unpaired) electrons. The molecule has 4 nitrogen and oxygen atoms in total. The third kappa shape index (κ3) is 4.57. The van der Waals surface area contributed by atoms with E-state index in [1.807, 2.05) is 0 Å². The summed E-state index contributed by atoms with van der Waals surface area (Å²) in [7, 11) is 0. The first kappa shape index (κ1) is 17.9. The smallest absolute Gasteiger partial charge is 0.0897 e. The number of aryl methyl sites for hydroxylation is 1. The molecule has 24 heavy (non-hydrogen) atoms. The van der Waals surface area contributed by atoms with Crippen LogP contribution >= 0.6 is 0 Å². The van der Waals surface area contributed by atoms with Gasteiger partial charge >= 0.3 is 0 Å². The van der Waals surface area contributed by atoms with Gasteiger partial charge in [0.15, 0.2) is 0 Å². The van der Waals surface area contributed by atoms with E-state index in [9.17, 15) is 5.11 Å². The van der Waals surface area contributed by atoms with E-state index in [0.717, 1.165) is 32.3 Å². The van der Waals surface area contributed by atoms with Crippen LogP contribution in [0.2, 0.25) is 0 Å². The van der Waals surface area contributed by atoms with Crippen molar-refractivity contribution >= 4 is 0 Å². The molecule has 0 amide bonds. The number of hydrogen-bond acceptors (Lipinski definition) is 4. The molecule has 3 rings (SSSR count). The van der Waals surface area contributed by atoms with Gasteiger partial charge < -0.3 is 19.9 Å². The molecule has 1 aromatic rings. The van der Waals surface area contributed by atoms with Crippen LogP contribution in [-0.4, -0.2) is 43.7 Å². The maximum absolute atomic E-state index is 10.3. The van der Waals surface area contributed by atoms with Gasteiger partial charge in [0.25, 0.3) is 0 Å². The molecule has 4 heteroatoms. The van der Waals surface area contributed by atoms with Gasteiger partial charge in [-0.2, -0.15) is 0 Å². The summed E-state index contributed by atoms with van der Waals surface area (Å²) in [6.45, 7) is 4.52. The van der Waals surface area contributed by atoms with E-state index in [-0.39, 0.29) is 11.6 Å². The van der Waals surface area contributed by atoms with Crippen LogP contribution in [0.15, 0.2) is 24.3 Å². The van der Waals surface area contributed by atoms with Crippen LogP contribution in [0.5, 0.6) is 0 Å². The van der Waals surface area contributed by atoms with Crippen LogP contribution in [0, 0.1) is 6.92 Å². The Hall–Kier alpha value is -0.940. The van der Waals surface area contributed by atoms with Gasteiger partial charge in [0, 0.05) is 18.7 Å². The van der Waals surface area contributed by atoms with E-state index in [1.54, 1.807) is 0 Å². The third-order valence-corrected chi connectivity index (χ3v) is 5.34. The molecule has 1 saturated carbocycles. The van der Waals surface area contributed by atoms with Crippen LogP contribution in [0.3, 0.4) is 0 Å². The van der Waals surface area contributed by atoms with E-state index >= 15 is 0 Å². The van der Waals surface area contributed by atoms with Crippen LogP contribution in [0.25, 0.3) is 0 Å². The Morgan fingerprint density at radius 2 is 2.17 bits per heavy atom. The molecule has 134 valence electrons. The van der Waals surface area contributed by atoms with Crippen LogP contribution in [-0.2, 0) is 15.0 Å². The number of nitrogens with one attached hydrogen (secondary N) is 1. The monoisotopic (exact) mass is 333 g/mol. The zero-order valence-electron chi connectivity index (χ0n) is 14.8. The molecule has 0 spiro atoms. The molecule has 0 aromatic heterocycles. The lowest BCUT2D eigenvalue weighted by molar-refractivity contribution is -0.0181. The normalized spacial score (nSPS) is 24.3. The number of aliphatic hydroxyl groups excluding tert-OH is 1. The first-order chi connectivity index (χ1) is 11.7. The van der Waals surface area contributed by atoms with Crippen molar-refractivity contribution in [2.24, 2.45) is 0 Å². The van der Waals surface area contributed by atoms with E-state index in [4.69, 9.17) is 9.47 Å². The van der Waals surface area contributed by atoms with E-state index in [2.05, 4.69) is 36.5 Å². The largest absolute Gasteiger partial charge is 0.389 e. The van der Waals surface area contributed by atoms with Gasteiger partial charge in [-0.05, 0) is 38.2 Å². The van der Waals surface area contributed by atoms with Crippen LogP contribution < -0.4 is 5.32 Å². The Morgan fingerprint density at radius 3 is 2.88 bits per heavy atom. The van der Waals surface area contributed by atoms with Crippen molar-refractivity contribution in [3.8, 4) is 0 Å². The van der Waals surface area contributed by atoms with Crippen molar-refractivity contribution in [1.82, 2.24) is 5.32 Å². The highest BCUT2D eigenvalue weighted by Gasteiger charge is 2.35. The molecule has 2 unspecified atom stereocenters. The van der Waals surface area contributed by atoms with Gasteiger partial charge in [0.1, 0.15) is 0 Å². The maximum atomic E-state index is 10.3. The highest BCUT2D eigenvalue weighted by atomic mass is 16.5. The fourth-order valence-electron chi connectivity index (χ4n) is 3.97. The Balaban J connectivity index is 1.48. The summed E-state index contributed by atoms with van der Waals surface area (Å²) in [5, 5.41) is 13.9. The Bertz CT molecular complexity index is 507. The van der Waals surface area contributed by atoms with Crippen LogP contribution in [0.4, 0.5) is 0 Å². The highest BCUT2D eigenvalue weighted by Crippen LogP contribution is 2.38. The first-order valence-electron chi connectivity index (χ1n) is 9.37. The number of rotatable bonds is 8. The van der Waals surface area contributed by atoms with Gasteiger partial charge in [-0.3, -0.25) is 0 Å². The molecule has 2 aliphatic rings. The summed E-state index contributed by atoms with van der Waals surface area (Å²) < 4.78 is 11.2. The van der Waals surface area contributed by atoms with E-state index in [0.29, 0.717) is 19.8 Å². The lowest BCUT2D eigenvalue weighted by Crippen LogP contribution is -2.45. The summed E-state index contributed by atoms with van der Waals surface area (Å²) in [6.07, 6.45) is 6.70. The molecule has 1 aromatic carbocycles. The van der Waals surface area contributed by atoms with Gasteiger partial charge in [0.05, 0.1) is 25.4 Å². The van der Waals surface area contributed by atoms with Crippen molar-refractivity contribution in [2.45, 2.75) is 63.2 Å². The quantitative estimate of drug-likeness (QED) is 0.768. The predicted molar refractivity (Wildman–Crippen MR) is 95.1 cm³/mol. The second-order valence-electron chi connectivity index (χ2n) is 7.37. The molecule has 2 atom stereocenters. The van der Waals surface area contributed by atoms with Gasteiger partial charge in [0.2, 0.25) is 0 Å². The number of hydrogen-bond donors (Lipinski definition) is 2. The maximum Gasteiger partial charge on any atom is 0.0897 e. The Kier molecular flexibility index (Phi) is 6.28.